The highest BCUT2D eigenvalue weighted by atomic mass is 35.5. The van der Waals surface area contributed by atoms with Gasteiger partial charge in [-0.25, -0.2) is 0 Å². The second-order valence-corrected chi connectivity index (χ2v) is 4.33. The summed E-state index contributed by atoms with van der Waals surface area (Å²) in [5, 5.41) is 1.17. The van der Waals surface area contributed by atoms with Crippen LogP contribution in [-0.4, -0.2) is 6.61 Å². The molecule has 0 saturated heterocycles. The van der Waals surface area contributed by atoms with Crippen molar-refractivity contribution < 1.29 is 4.74 Å². The van der Waals surface area contributed by atoms with E-state index in [1.54, 1.807) is 18.2 Å². The van der Waals surface area contributed by atoms with E-state index in [4.69, 9.17) is 27.9 Å². The molecule has 3 heteroatoms. The molecule has 1 nitrogen and oxygen atoms in total. The molecule has 0 fully saturated rings. The van der Waals surface area contributed by atoms with Crippen LogP contribution in [0.1, 0.15) is 19.8 Å². The molecule has 1 aromatic carbocycles. The van der Waals surface area contributed by atoms with Gasteiger partial charge >= 0.3 is 0 Å². The molecule has 0 heterocycles. The van der Waals surface area contributed by atoms with Crippen molar-refractivity contribution in [2.45, 2.75) is 19.8 Å². The Labute approximate surface area is 101 Å². The zero-order valence-electron chi connectivity index (χ0n) is 8.72. The van der Waals surface area contributed by atoms with E-state index in [0.717, 1.165) is 12.8 Å². The van der Waals surface area contributed by atoms with Gasteiger partial charge in [0, 0.05) is 5.02 Å². The van der Waals surface area contributed by atoms with Crippen molar-refractivity contribution in [3.63, 3.8) is 0 Å². The molecule has 0 bridgehead atoms. The molecule has 0 amide bonds. The summed E-state index contributed by atoms with van der Waals surface area (Å²) in [5.41, 5.74) is 1.17. The lowest BCUT2D eigenvalue weighted by molar-refractivity contribution is 0.311. The van der Waals surface area contributed by atoms with Crippen LogP contribution in [0.5, 0.6) is 5.75 Å². The highest BCUT2D eigenvalue weighted by Gasteiger charge is 2.01. The van der Waals surface area contributed by atoms with E-state index in [2.05, 4.69) is 6.58 Å². The molecule has 0 saturated carbocycles. The normalized spacial score (nSPS) is 10.1. The van der Waals surface area contributed by atoms with Crippen molar-refractivity contribution in [1.29, 1.82) is 0 Å². The standard InChI is InChI=1S/C12H14Cl2O/c1-9(2)4-3-7-15-12-6-5-10(13)8-11(12)14/h5-6,8H,1,3-4,7H2,2H3. The third kappa shape index (κ3) is 4.59. The van der Waals surface area contributed by atoms with Crippen molar-refractivity contribution in [2.75, 3.05) is 6.61 Å². The van der Waals surface area contributed by atoms with Crippen molar-refractivity contribution in [2.24, 2.45) is 0 Å². The summed E-state index contributed by atoms with van der Waals surface area (Å²) in [4.78, 5) is 0. The van der Waals surface area contributed by atoms with Gasteiger partial charge in [-0.05, 0) is 38.0 Å². The zero-order valence-corrected chi connectivity index (χ0v) is 10.2. The Balaban J connectivity index is 2.40. The molecule has 1 rings (SSSR count). The molecule has 0 unspecified atom stereocenters. The van der Waals surface area contributed by atoms with Crippen molar-refractivity contribution in [3.8, 4) is 5.75 Å². The number of hydrogen-bond donors (Lipinski definition) is 0. The average Bonchev–Trinajstić information content (AvgIpc) is 2.14. The molecule has 0 atom stereocenters. The number of benzene rings is 1. The summed E-state index contributed by atoms with van der Waals surface area (Å²) in [6.45, 7) is 6.49. The van der Waals surface area contributed by atoms with E-state index in [1.165, 1.54) is 5.57 Å². The summed E-state index contributed by atoms with van der Waals surface area (Å²) in [6, 6.07) is 5.23. The third-order valence-corrected chi connectivity index (χ3v) is 2.43. The van der Waals surface area contributed by atoms with Gasteiger partial charge in [-0.1, -0.05) is 28.8 Å². The van der Waals surface area contributed by atoms with Gasteiger partial charge in [0.1, 0.15) is 5.75 Å². The average molecular weight is 245 g/mol. The van der Waals surface area contributed by atoms with E-state index >= 15 is 0 Å². The number of halogens is 2. The summed E-state index contributed by atoms with van der Waals surface area (Å²) in [6.07, 6.45) is 1.93. The maximum Gasteiger partial charge on any atom is 0.137 e. The van der Waals surface area contributed by atoms with E-state index in [9.17, 15) is 0 Å². The van der Waals surface area contributed by atoms with Crippen LogP contribution in [0.15, 0.2) is 30.4 Å². The van der Waals surface area contributed by atoms with Gasteiger partial charge in [-0.2, -0.15) is 0 Å². The van der Waals surface area contributed by atoms with Gasteiger partial charge < -0.3 is 4.74 Å². The Morgan fingerprint density at radius 3 is 2.73 bits per heavy atom. The minimum Gasteiger partial charge on any atom is -0.492 e. The van der Waals surface area contributed by atoms with E-state index in [1.807, 2.05) is 6.92 Å². The van der Waals surface area contributed by atoms with Crippen LogP contribution in [0.4, 0.5) is 0 Å². The van der Waals surface area contributed by atoms with E-state index in [0.29, 0.717) is 22.4 Å². The number of ether oxygens (including phenoxy) is 1. The fraction of sp³-hybridized carbons (Fsp3) is 0.333. The first-order valence-corrected chi connectivity index (χ1v) is 5.57. The number of rotatable bonds is 5. The smallest absolute Gasteiger partial charge is 0.137 e. The van der Waals surface area contributed by atoms with Crippen molar-refractivity contribution >= 4 is 23.2 Å². The molecule has 82 valence electrons. The minimum atomic E-state index is 0.554. The summed E-state index contributed by atoms with van der Waals surface area (Å²) >= 11 is 11.7. The predicted octanol–water partition coefficient (Wildman–Crippen LogP) is 4.73. The quantitative estimate of drug-likeness (QED) is 0.538. The molecule has 0 aliphatic heterocycles. The second kappa shape index (κ2) is 6.04. The largest absolute Gasteiger partial charge is 0.492 e. The van der Waals surface area contributed by atoms with Crippen LogP contribution in [0.3, 0.4) is 0 Å². The maximum atomic E-state index is 5.94. The Morgan fingerprint density at radius 1 is 1.40 bits per heavy atom. The highest BCUT2D eigenvalue weighted by molar-refractivity contribution is 6.35. The molecule has 0 spiro atoms. The predicted molar refractivity (Wildman–Crippen MR) is 66.0 cm³/mol. The number of hydrogen-bond acceptors (Lipinski definition) is 1. The van der Waals surface area contributed by atoms with Crippen LogP contribution < -0.4 is 4.74 Å². The molecule has 0 aliphatic carbocycles. The monoisotopic (exact) mass is 244 g/mol. The van der Waals surface area contributed by atoms with Gasteiger partial charge in [0.2, 0.25) is 0 Å². The summed E-state index contributed by atoms with van der Waals surface area (Å²) < 4.78 is 5.51. The second-order valence-electron chi connectivity index (χ2n) is 3.48. The molecule has 0 N–H and O–H groups in total. The lowest BCUT2D eigenvalue weighted by atomic mass is 10.2. The first-order chi connectivity index (χ1) is 7.09. The first-order valence-electron chi connectivity index (χ1n) is 4.82. The molecule has 1 aromatic rings. The van der Waals surface area contributed by atoms with Crippen molar-refractivity contribution in [3.05, 3.63) is 40.4 Å². The van der Waals surface area contributed by atoms with Crippen LogP contribution in [0.25, 0.3) is 0 Å². The highest BCUT2D eigenvalue weighted by Crippen LogP contribution is 2.27. The Kier molecular flexibility index (Phi) is 5.00. The first kappa shape index (κ1) is 12.4. The van der Waals surface area contributed by atoms with Gasteiger partial charge in [0.05, 0.1) is 11.6 Å². The lowest BCUT2D eigenvalue weighted by Crippen LogP contribution is -1.97. The Hall–Kier alpha value is -0.660. The Morgan fingerprint density at radius 2 is 2.13 bits per heavy atom. The molecule has 15 heavy (non-hydrogen) atoms. The minimum absolute atomic E-state index is 0.554. The fourth-order valence-corrected chi connectivity index (χ4v) is 1.61. The molecular formula is C12H14Cl2O. The maximum absolute atomic E-state index is 5.94. The van der Waals surface area contributed by atoms with E-state index < -0.39 is 0 Å². The Bertz CT molecular complexity index is 347. The molecule has 0 radical (unpaired) electrons. The topological polar surface area (TPSA) is 9.23 Å². The lowest BCUT2D eigenvalue weighted by Gasteiger charge is -2.07. The molecular weight excluding hydrogens is 231 g/mol. The summed E-state index contributed by atoms with van der Waals surface area (Å²) in [5.74, 6) is 0.683. The van der Waals surface area contributed by atoms with Crippen LogP contribution in [0.2, 0.25) is 10.0 Å². The van der Waals surface area contributed by atoms with Gasteiger partial charge in [-0.15, -0.1) is 6.58 Å². The fourth-order valence-electron chi connectivity index (χ4n) is 1.15. The van der Waals surface area contributed by atoms with Crippen LogP contribution in [0, 0.1) is 0 Å². The van der Waals surface area contributed by atoms with Gasteiger partial charge in [0.15, 0.2) is 0 Å². The third-order valence-electron chi connectivity index (χ3n) is 1.90. The van der Waals surface area contributed by atoms with Crippen molar-refractivity contribution in [1.82, 2.24) is 0 Å². The van der Waals surface area contributed by atoms with E-state index in [-0.39, 0.29) is 0 Å². The summed E-state index contributed by atoms with van der Waals surface area (Å²) in [7, 11) is 0. The molecule has 0 aromatic heterocycles. The van der Waals surface area contributed by atoms with Gasteiger partial charge in [-0.3, -0.25) is 0 Å². The zero-order chi connectivity index (χ0) is 11.3. The van der Waals surface area contributed by atoms with Crippen LogP contribution >= 0.6 is 23.2 Å². The van der Waals surface area contributed by atoms with Gasteiger partial charge in [0.25, 0.3) is 0 Å². The molecule has 0 aliphatic rings. The number of allylic oxidation sites excluding steroid dienone is 1. The van der Waals surface area contributed by atoms with Crippen LogP contribution in [-0.2, 0) is 0 Å². The SMILES string of the molecule is C=C(C)CCCOc1ccc(Cl)cc1Cl.